The zero-order valence-corrected chi connectivity index (χ0v) is 15.9. The van der Waals surface area contributed by atoms with E-state index in [9.17, 15) is 14.7 Å². The monoisotopic (exact) mass is 375 g/mol. The van der Waals surface area contributed by atoms with Gasteiger partial charge in [0.15, 0.2) is 0 Å². The van der Waals surface area contributed by atoms with E-state index >= 15 is 0 Å². The van der Waals surface area contributed by atoms with Gasteiger partial charge in [0.05, 0.1) is 4.91 Å². The average Bonchev–Trinajstić information content (AvgIpc) is 2.83. The van der Waals surface area contributed by atoms with Crippen molar-refractivity contribution in [3.63, 3.8) is 0 Å². The molecule has 1 fully saturated rings. The van der Waals surface area contributed by atoms with Crippen LogP contribution in [0.15, 0.2) is 46.9 Å². The maximum Gasteiger partial charge on any atom is 0.326 e. The molecule has 1 aliphatic heterocycles. The molecular weight excluding hydrogens is 354 g/mol. The normalized spacial score (nSPS) is 18.1. The zero-order chi connectivity index (χ0) is 18.4. The lowest BCUT2D eigenvalue weighted by Crippen LogP contribution is -2.43. The van der Waals surface area contributed by atoms with Crippen molar-refractivity contribution in [3.8, 4) is 0 Å². The van der Waals surface area contributed by atoms with Gasteiger partial charge in [-0.1, -0.05) is 80.2 Å². The van der Waals surface area contributed by atoms with Gasteiger partial charge in [0.1, 0.15) is 10.4 Å². The molecular formula is C19H21NO3S2. The Hall–Kier alpha value is -1.92. The standard InChI is InChI=1S/C19H21NO3S2/c1-3-4-10-15(18(22)23)20-17(21)16(25-19(20)24)12-13(2)11-14-8-6-5-7-9-14/h5-9,11-12,15H,3-4,10H2,1-2H3,(H,22,23). The van der Waals surface area contributed by atoms with Crippen molar-refractivity contribution in [1.82, 2.24) is 4.90 Å². The van der Waals surface area contributed by atoms with Gasteiger partial charge < -0.3 is 5.11 Å². The molecule has 132 valence electrons. The minimum atomic E-state index is -1.01. The number of carboxylic acids is 1. The second kappa shape index (κ2) is 8.97. The van der Waals surface area contributed by atoms with Crippen LogP contribution in [0.2, 0.25) is 0 Å². The van der Waals surface area contributed by atoms with Crippen molar-refractivity contribution >= 4 is 46.3 Å². The lowest BCUT2D eigenvalue weighted by atomic mass is 10.1. The van der Waals surface area contributed by atoms with Gasteiger partial charge >= 0.3 is 5.97 Å². The zero-order valence-electron chi connectivity index (χ0n) is 14.3. The minimum Gasteiger partial charge on any atom is -0.480 e. The van der Waals surface area contributed by atoms with Gasteiger partial charge in [-0.3, -0.25) is 9.69 Å². The van der Waals surface area contributed by atoms with Crippen LogP contribution in [0.25, 0.3) is 6.08 Å². The van der Waals surface area contributed by atoms with Crippen LogP contribution in [-0.2, 0) is 9.59 Å². The maximum absolute atomic E-state index is 12.7. The van der Waals surface area contributed by atoms with Crippen LogP contribution in [-0.4, -0.2) is 32.2 Å². The van der Waals surface area contributed by atoms with Gasteiger partial charge in [-0.2, -0.15) is 0 Å². The van der Waals surface area contributed by atoms with Crippen LogP contribution in [0.5, 0.6) is 0 Å². The number of carboxylic acid groups (broad SMARTS) is 1. The number of amides is 1. The number of hydrogen-bond acceptors (Lipinski definition) is 4. The van der Waals surface area contributed by atoms with Crippen LogP contribution in [0.4, 0.5) is 0 Å². The number of hydrogen-bond donors (Lipinski definition) is 1. The third kappa shape index (κ3) is 5.03. The Kier molecular flexibility index (Phi) is 6.96. The van der Waals surface area contributed by atoms with E-state index in [1.165, 1.54) is 4.90 Å². The van der Waals surface area contributed by atoms with E-state index in [2.05, 4.69) is 0 Å². The number of thiocarbonyl (C=S) groups is 1. The van der Waals surface area contributed by atoms with E-state index in [4.69, 9.17) is 12.2 Å². The van der Waals surface area contributed by atoms with Crippen LogP contribution in [0.1, 0.15) is 38.7 Å². The van der Waals surface area contributed by atoms with Gasteiger partial charge in [0.25, 0.3) is 5.91 Å². The number of rotatable bonds is 7. The fraction of sp³-hybridized carbons (Fsp3) is 0.316. The van der Waals surface area contributed by atoms with Crippen LogP contribution < -0.4 is 0 Å². The summed E-state index contributed by atoms with van der Waals surface area (Å²) >= 11 is 6.43. The Bertz CT molecular complexity index is 725. The predicted octanol–water partition coefficient (Wildman–Crippen LogP) is 4.48. The highest BCUT2D eigenvalue weighted by Gasteiger charge is 2.39. The molecule has 1 aromatic carbocycles. The second-order valence-electron chi connectivity index (χ2n) is 5.85. The number of thioether (sulfide) groups is 1. The third-order valence-electron chi connectivity index (χ3n) is 3.80. The Morgan fingerprint density at radius 3 is 2.64 bits per heavy atom. The molecule has 0 aromatic heterocycles. The molecule has 1 amide bonds. The second-order valence-corrected chi connectivity index (χ2v) is 7.52. The largest absolute Gasteiger partial charge is 0.480 e. The average molecular weight is 376 g/mol. The van der Waals surface area contributed by atoms with Crippen molar-refractivity contribution in [3.05, 3.63) is 52.4 Å². The molecule has 1 heterocycles. The lowest BCUT2D eigenvalue weighted by Gasteiger charge is -2.22. The van der Waals surface area contributed by atoms with Crippen molar-refractivity contribution in [1.29, 1.82) is 0 Å². The smallest absolute Gasteiger partial charge is 0.326 e. The molecule has 25 heavy (non-hydrogen) atoms. The van der Waals surface area contributed by atoms with Gasteiger partial charge in [-0.25, -0.2) is 4.79 Å². The van der Waals surface area contributed by atoms with Gasteiger partial charge in [-0.05, 0) is 30.6 Å². The highest BCUT2D eigenvalue weighted by Crippen LogP contribution is 2.34. The van der Waals surface area contributed by atoms with E-state index in [1.807, 2.05) is 50.3 Å². The van der Waals surface area contributed by atoms with Crippen molar-refractivity contribution in [2.75, 3.05) is 0 Å². The van der Waals surface area contributed by atoms with Crippen molar-refractivity contribution in [2.24, 2.45) is 0 Å². The maximum atomic E-state index is 12.7. The van der Waals surface area contributed by atoms with Gasteiger partial charge in [0.2, 0.25) is 0 Å². The summed E-state index contributed by atoms with van der Waals surface area (Å²) < 4.78 is 0.312. The Morgan fingerprint density at radius 2 is 2.04 bits per heavy atom. The minimum absolute atomic E-state index is 0.312. The fourth-order valence-corrected chi connectivity index (χ4v) is 3.98. The topological polar surface area (TPSA) is 57.6 Å². The third-order valence-corrected chi connectivity index (χ3v) is 5.13. The Balaban J connectivity index is 2.22. The van der Waals surface area contributed by atoms with E-state index < -0.39 is 12.0 Å². The van der Waals surface area contributed by atoms with E-state index in [0.29, 0.717) is 15.6 Å². The van der Waals surface area contributed by atoms with E-state index in [0.717, 1.165) is 35.7 Å². The van der Waals surface area contributed by atoms with Crippen molar-refractivity contribution < 1.29 is 14.7 Å². The fourth-order valence-electron chi connectivity index (χ4n) is 2.57. The van der Waals surface area contributed by atoms with E-state index in [-0.39, 0.29) is 5.91 Å². The number of allylic oxidation sites excluding steroid dienone is 2. The summed E-state index contributed by atoms with van der Waals surface area (Å²) in [5.41, 5.74) is 1.95. The predicted molar refractivity (Wildman–Crippen MR) is 106 cm³/mol. The molecule has 2 rings (SSSR count). The molecule has 0 bridgehead atoms. The molecule has 0 radical (unpaired) electrons. The summed E-state index contributed by atoms with van der Waals surface area (Å²) in [6, 6.07) is 8.91. The summed E-state index contributed by atoms with van der Waals surface area (Å²) in [4.78, 5) is 26.0. The van der Waals surface area contributed by atoms with Crippen LogP contribution >= 0.6 is 24.0 Å². The number of unbranched alkanes of at least 4 members (excludes halogenated alkanes) is 1. The number of carbonyl (C=O) groups is 2. The lowest BCUT2D eigenvalue weighted by molar-refractivity contribution is -0.145. The van der Waals surface area contributed by atoms with Gasteiger partial charge in [-0.15, -0.1) is 0 Å². The number of nitrogens with zero attached hydrogens (tertiary/aromatic N) is 1. The first-order valence-electron chi connectivity index (χ1n) is 8.17. The summed E-state index contributed by atoms with van der Waals surface area (Å²) in [6.45, 7) is 3.90. The molecule has 6 heteroatoms. The first-order chi connectivity index (χ1) is 11.9. The molecule has 1 atom stereocenters. The number of carbonyl (C=O) groups excluding carboxylic acids is 1. The SMILES string of the molecule is CCCCC(C(=O)O)N1C(=O)C(=CC(C)=Cc2ccccc2)SC1=S. The van der Waals surface area contributed by atoms with Crippen molar-refractivity contribution in [2.45, 2.75) is 39.2 Å². The Labute approximate surface area is 157 Å². The molecule has 1 aliphatic rings. The molecule has 1 unspecified atom stereocenters. The van der Waals surface area contributed by atoms with Crippen LogP contribution in [0, 0.1) is 0 Å². The first kappa shape index (κ1) is 19.4. The summed E-state index contributed by atoms with van der Waals surface area (Å²) in [5.74, 6) is -1.33. The molecule has 0 saturated carbocycles. The van der Waals surface area contributed by atoms with Gasteiger partial charge in [0, 0.05) is 0 Å². The Morgan fingerprint density at radius 1 is 1.36 bits per heavy atom. The summed E-state index contributed by atoms with van der Waals surface area (Å²) in [7, 11) is 0. The summed E-state index contributed by atoms with van der Waals surface area (Å²) in [6.07, 6.45) is 5.75. The first-order valence-corrected chi connectivity index (χ1v) is 9.39. The quantitative estimate of drug-likeness (QED) is 0.562. The molecule has 1 aromatic rings. The molecule has 1 saturated heterocycles. The number of aliphatic carboxylic acids is 1. The molecule has 1 N–H and O–H groups in total. The number of benzene rings is 1. The highest BCUT2D eigenvalue weighted by molar-refractivity contribution is 8.26. The van der Waals surface area contributed by atoms with E-state index in [1.54, 1.807) is 6.08 Å². The molecule has 4 nitrogen and oxygen atoms in total. The summed E-state index contributed by atoms with van der Waals surface area (Å²) in [5, 5.41) is 9.47. The molecule has 0 spiro atoms. The molecule has 0 aliphatic carbocycles. The van der Waals surface area contributed by atoms with Crippen LogP contribution in [0.3, 0.4) is 0 Å². The highest BCUT2D eigenvalue weighted by atomic mass is 32.2.